The Kier molecular flexibility index (Phi) is 5.58. The van der Waals surface area contributed by atoms with Crippen LogP contribution in [0.5, 0.6) is 0 Å². The van der Waals surface area contributed by atoms with Gasteiger partial charge in [0.2, 0.25) is 17.8 Å². The van der Waals surface area contributed by atoms with Gasteiger partial charge >= 0.3 is 0 Å². The van der Waals surface area contributed by atoms with Gasteiger partial charge in [-0.05, 0) is 43.0 Å². The lowest BCUT2D eigenvalue weighted by Gasteiger charge is -2.17. The molecule has 1 fully saturated rings. The van der Waals surface area contributed by atoms with Crippen molar-refractivity contribution < 1.29 is 9.59 Å². The number of hydrogen-bond acceptors (Lipinski definition) is 6. The lowest BCUT2D eigenvalue weighted by molar-refractivity contribution is -0.122. The minimum absolute atomic E-state index is 0.0942. The molecule has 2 amide bonds. The van der Waals surface area contributed by atoms with E-state index in [0.717, 1.165) is 16.1 Å². The Balaban J connectivity index is 1.44. The van der Waals surface area contributed by atoms with Crippen LogP contribution in [0.25, 0.3) is 16.5 Å². The average molecular weight is 475 g/mol. The van der Waals surface area contributed by atoms with Crippen molar-refractivity contribution in [1.82, 2.24) is 19.7 Å². The van der Waals surface area contributed by atoms with Crippen molar-refractivity contribution >= 4 is 34.7 Å². The molecule has 1 saturated heterocycles. The SMILES string of the molecule is Cc1cccc(N2CC(C(=O)Nc3cc(-c4cccs4)nn3-c3nc(C)cc(=O)[nH]3)CC2=O)c1. The molecule has 10 heteroatoms. The molecule has 1 aromatic carbocycles. The van der Waals surface area contributed by atoms with Crippen molar-refractivity contribution in [2.45, 2.75) is 20.3 Å². The van der Waals surface area contributed by atoms with E-state index in [-0.39, 0.29) is 29.7 Å². The standard InChI is InChI=1S/C24H22N6O3S/c1-14-5-3-6-17(9-14)29-13-16(11-22(29)32)23(33)26-20-12-18(19-7-4-8-34-19)28-30(20)24-25-15(2)10-21(31)27-24/h3-10,12,16H,11,13H2,1-2H3,(H,26,33)(H,25,27,31). The van der Waals surface area contributed by atoms with E-state index in [4.69, 9.17) is 0 Å². The predicted molar refractivity (Wildman–Crippen MR) is 130 cm³/mol. The first-order valence-corrected chi connectivity index (χ1v) is 11.7. The van der Waals surface area contributed by atoms with Gasteiger partial charge in [0, 0.05) is 36.5 Å². The molecule has 0 spiro atoms. The number of anilines is 2. The quantitative estimate of drug-likeness (QED) is 0.461. The summed E-state index contributed by atoms with van der Waals surface area (Å²) in [5, 5.41) is 9.41. The second-order valence-electron chi connectivity index (χ2n) is 8.25. The molecule has 1 aliphatic heterocycles. The zero-order chi connectivity index (χ0) is 23.8. The van der Waals surface area contributed by atoms with Crippen LogP contribution < -0.4 is 15.8 Å². The number of H-pyrrole nitrogens is 1. The highest BCUT2D eigenvalue weighted by atomic mass is 32.1. The van der Waals surface area contributed by atoms with Crippen molar-refractivity contribution in [1.29, 1.82) is 0 Å². The molecule has 4 aromatic rings. The number of nitrogens with zero attached hydrogens (tertiary/aromatic N) is 4. The molecule has 0 radical (unpaired) electrons. The highest BCUT2D eigenvalue weighted by Gasteiger charge is 2.35. The maximum Gasteiger partial charge on any atom is 0.252 e. The number of thiophene rings is 1. The van der Waals surface area contributed by atoms with Gasteiger partial charge in [0.1, 0.15) is 11.5 Å². The predicted octanol–water partition coefficient (Wildman–Crippen LogP) is 3.29. The van der Waals surface area contributed by atoms with Crippen LogP contribution in [-0.2, 0) is 9.59 Å². The molecule has 5 rings (SSSR count). The van der Waals surface area contributed by atoms with E-state index in [2.05, 4.69) is 20.4 Å². The molecular formula is C24H22N6O3S. The molecule has 1 unspecified atom stereocenters. The molecule has 4 heterocycles. The minimum atomic E-state index is -0.522. The number of nitrogens with one attached hydrogen (secondary N) is 2. The molecule has 0 saturated carbocycles. The Hall–Kier alpha value is -4.05. The second kappa shape index (κ2) is 8.71. The Morgan fingerprint density at radius 2 is 2.00 bits per heavy atom. The minimum Gasteiger partial charge on any atom is -0.312 e. The number of aromatic nitrogens is 4. The van der Waals surface area contributed by atoms with Crippen LogP contribution in [0.2, 0.25) is 0 Å². The Labute approximate surface area is 199 Å². The zero-order valence-electron chi connectivity index (χ0n) is 18.6. The van der Waals surface area contributed by atoms with Crippen LogP contribution in [-0.4, -0.2) is 38.1 Å². The third-order valence-electron chi connectivity index (χ3n) is 5.60. The van der Waals surface area contributed by atoms with Crippen molar-refractivity contribution in [2.75, 3.05) is 16.8 Å². The molecule has 2 N–H and O–H groups in total. The topological polar surface area (TPSA) is 113 Å². The molecule has 3 aromatic heterocycles. The van der Waals surface area contributed by atoms with E-state index in [1.807, 2.05) is 48.7 Å². The number of carbonyl (C=O) groups is 2. The van der Waals surface area contributed by atoms with Gasteiger partial charge in [-0.25, -0.2) is 4.98 Å². The average Bonchev–Trinajstić information content (AvgIpc) is 3.52. The summed E-state index contributed by atoms with van der Waals surface area (Å²) >= 11 is 1.51. The van der Waals surface area contributed by atoms with Gasteiger partial charge < -0.3 is 10.2 Å². The van der Waals surface area contributed by atoms with Gasteiger partial charge in [0.15, 0.2) is 0 Å². The highest BCUT2D eigenvalue weighted by molar-refractivity contribution is 7.13. The number of aryl methyl sites for hydroxylation is 2. The lowest BCUT2D eigenvalue weighted by Crippen LogP contribution is -2.29. The normalized spacial score (nSPS) is 15.6. The molecule has 172 valence electrons. The summed E-state index contributed by atoms with van der Waals surface area (Å²) in [5.74, 6) is -0.345. The van der Waals surface area contributed by atoms with Crippen LogP contribution in [0.1, 0.15) is 17.7 Å². The van der Waals surface area contributed by atoms with E-state index in [1.165, 1.54) is 22.1 Å². The Morgan fingerprint density at radius 1 is 1.15 bits per heavy atom. The van der Waals surface area contributed by atoms with Crippen molar-refractivity contribution in [3.8, 4) is 16.5 Å². The summed E-state index contributed by atoms with van der Waals surface area (Å²) in [4.78, 5) is 47.5. The summed E-state index contributed by atoms with van der Waals surface area (Å²) in [6, 6.07) is 14.6. The molecule has 1 atom stereocenters. The van der Waals surface area contributed by atoms with Gasteiger partial charge in [-0.1, -0.05) is 18.2 Å². The van der Waals surface area contributed by atoms with Gasteiger partial charge in [0.25, 0.3) is 5.56 Å². The van der Waals surface area contributed by atoms with Crippen LogP contribution in [0.15, 0.2) is 58.7 Å². The van der Waals surface area contributed by atoms with Crippen molar-refractivity contribution in [3.05, 3.63) is 75.5 Å². The van der Waals surface area contributed by atoms with Gasteiger partial charge in [0.05, 0.1) is 10.8 Å². The molecule has 9 nitrogen and oxygen atoms in total. The van der Waals surface area contributed by atoms with E-state index in [9.17, 15) is 14.4 Å². The van der Waals surface area contributed by atoms with E-state index in [0.29, 0.717) is 23.8 Å². The fourth-order valence-electron chi connectivity index (χ4n) is 4.00. The summed E-state index contributed by atoms with van der Waals surface area (Å²) in [7, 11) is 0. The first-order valence-electron chi connectivity index (χ1n) is 10.8. The van der Waals surface area contributed by atoms with Crippen LogP contribution >= 0.6 is 11.3 Å². The molecule has 0 bridgehead atoms. The fourth-order valence-corrected chi connectivity index (χ4v) is 4.68. The summed E-state index contributed by atoms with van der Waals surface area (Å²) in [6.45, 7) is 3.97. The van der Waals surface area contributed by atoms with Gasteiger partial charge in [-0.15, -0.1) is 11.3 Å². The van der Waals surface area contributed by atoms with Crippen molar-refractivity contribution in [3.63, 3.8) is 0 Å². The maximum absolute atomic E-state index is 13.2. The lowest BCUT2D eigenvalue weighted by atomic mass is 10.1. The number of carbonyl (C=O) groups excluding carboxylic acids is 2. The fraction of sp³-hybridized carbons (Fsp3) is 0.208. The summed E-state index contributed by atoms with van der Waals surface area (Å²) < 4.78 is 1.41. The van der Waals surface area contributed by atoms with Crippen LogP contribution in [0.4, 0.5) is 11.5 Å². The number of rotatable bonds is 5. The monoisotopic (exact) mass is 474 g/mol. The largest absolute Gasteiger partial charge is 0.312 e. The van der Waals surface area contributed by atoms with E-state index >= 15 is 0 Å². The number of hydrogen-bond donors (Lipinski definition) is 2. The molecule has 1 aliphatic rings. The summed E-state index contributed by atoms with van der Waals surface area (Å²) in [6.07, 6.45) is 0.116. The maximum atomic E-state index is 13.2. The second-order valence-corrected chi connectivity index (χ2v) is 9.20. The zero-order valence-corrected chi connectivity index (χ0v) is 19.4. The molecule has 0 aliphatic carbocycles. The first kappa shape index (κ1) is 21.8. The molecule has 34 heavy (non-hydrogen) atoms. The first-order chi connectivity index (χ1) is 16.4. The Bertz CT molecular complexity index is 1440. The van der Waals surface area contributed by atoms with E-state index in [1.54, 1.807) is 17.9 Å². The smallest absolute Gasteiger partial charge is 0.252 e. The number of benzene rings is 1. The Morgan fingerprint density at radius 3 is 2.74 bits per heavy atom. The van der Waals surface area contributed by atoms with Crippen molar-refractivity contribution in [2.24, 2.45) is 5.92 Å². The molecular weight excluding hydrogens is 452 g/mol. The third-order valence-corrected chi connectivity index (χ3v) is 6.49. The van der Waals surface area contributed by atoms with Gasteiger partial charge in [-0.2, -0.15) is 9.78 Å². The number of aromatic amines is 1. The van der Waals surface area contributed by atoms with Gasteiger partial charge in [-0.3, -0.25) is 19.4 Å². The van der Waals surface area contributed by atoms with Crippen LogP contribution in [0.3, 0.4) is 0 Å². The highest BCUT2D eigenvalue weighted by Crippen LogP contribution is 2.29. The summed E-state index contributed by atoms with van der Waals surface area (Å²) in [5.41, 5.74) is 2.68. The third kappa shape index (κ3) is 4.27. The number of amides is 2. The van der Waals surface area contributed by atoms with Crippen LogP contribution in [0, 0.1) is 19.8 Å². The van der Waals surface area contributed by atoms with E-state index < -0.39 is 5.92 Å².